The van der Waals surface area contributed by atoms with E-state index >= 15 is 0 Å². The number of hydrogen-bond acceptors (Lipinski definition) is 2. The van der Waals surface area contributed by atoms with Gasteiger partial charge in [-0.3, -0.25) is 0 Å². The number of rotatable bonds is 3. The van der Waals surface area contributed by atoms with Crippen molar-refractivity contribution in [3.63, 3.8) is 0 Å². The van der Waals surface area contributed by atoms with Gasteiger partial charge in [0.15, 0.2) is 8.32 Å². The topological polar surface area (TPSA) is 35.2 Å². The van der Waals surface area contributed by atoms with Crippen molar-refractivity contribution >= 4 is 8.32 Å². The summed E-state index contributed by atoms with van der Waals surface area (Å²) in [5.41, 5.74) is 8.72. The molecular formula is C16H27NOSi. The molecule has 0 amide bonds. The van der Waals surface area contributed by atoms with E-state index in [1.54, 1.807) is 0 Å². The first-order valence-corrected chi connectivity index (χ1v) is 10.5. The van der Waals surface area contributed by atoms with Gasteiger partial charge < -0.3 is 10.2 Å². The molecule has 2 unspecified atom stereocenters. The number of nitrogens with two attached hydrogens (primary N) is 1. The van der Waals surface area contributed by atoms with Crippen LogP contribution >= 0.6 is 0 Å². The zero-order valence-electron chi connectivity index (χ0n) is 12.7. The molecule has 2 nitrogen and oxygen atoms in total. The van der Waals surface area contributed by atoms with Crippen molar-refractivity contribution in [2.75, 3.05) is 0 Å². The molecule has 1 aliphatic heterocycles. The van der Waals surface area contributed by atoms with E-state index in [-0.39, 0.29) is 11.6 Å². The Morgan fingerprint density at radius 2 is 2.05 bits per heavy atom. The number of hydrogen-bond donors (Lipinski definition) is 1. The largest absolute Gasteiger partial charge is 0.408 e. The minimum Gasteiger partial charge on any atom is -0.408 e. The van der Waals surface area contributed by atoms with Gasteiger partial charge in [0.1, 0.15) is 0 Å². The van der Waals surface area contributed by atoms with Crippen molar-refractivity contribution in [2.24, 2.45) is 5.73 Å². The van der Waals surface area contributed by atoms with Crippen LogP contribution in [0.25, 0.3) is 0 Å². The van der Waals surface area contributed by atoms with E-state index in [2.05, 4.69) is 51.2 Å². The maximum absolute atomic E-state index is 6.57. The maximum Gasteiger partial charge on any atom is 0.187 e. The second-order valence-electron chi connectivity index (χ2n) is 6.55. The van der Waals surface area contributed by atoms with Crippen molar-refractivity contribution in [2.45, 2.75) is 63.9 Å². The monoisotopic (exact) mass is 277 g/mol. The van der Waals surface area contributed by atoms with Crippen LogP contribution in [0.4, 0.5) is 0 Å². The molecule has 1 aliphatic rings. The Balaban J connectivity index is 2.40. The van der Waals surface area contributed by atoms with Crippen molar-refractivity contribution in [3.8, 4) is 0 Å². The SMILES string of the molecule is CCC(N)c1ccccc1C1(C)CCC[Si](C)(C)O1. The van der Waals surface area contributed by atoms with E-state index < -0.39 is 8.32 Å². The van der Waals surface area contributed by atoms with E-state index in [9.17, 15) is 0 Å². The molecule has 0 saturated carbocycles. The second-order valence-corrected chi connectivity index (χ2v) is 10.8. The normalized spacial score (nSPS) is 28.1. The van der Waals surface area contributed by atoms with Crippen molar-refractivity contribution in [1.82, 2.24) is 0 Å². The van der Waals surface area contributed by atoms with E-state index in [1.807, 2.05) is 0 Å². The third-order valence-electron chi connectivity index (χ3n) is 4.30. The van der Waals surface area contributed by atoms with Gasteiger partial charge >= 0.3 is 0 Å². The molecule has 19 heavy (non-hydrogen) atoms. The van der Waals surface area contributed by atoms with Gasteiger partial charge in [-0.15, -0.1) is 0 Å². The van der Waals surface area contributed by atoms with Gasteiger partial charge in [-0.1, -0.05) is 37.6 Å². The molecule has 0 aliphatic carbocycles. The van der Waals surface area contributed by atoms with Gasteiger partial charge in [0, 0.05) is 6.04 Å². The van der Waals surface area contributed by atoms with Crippen LogP contribution < -0.4 is 5.73 Å². The van der Waals surface area contributed by atoms with Gasteiger partial charge in [-0.05, 0) is 50.0 Å². The van der Waals surface area contributed by atoms with E-state index in [4.69, 9.17) is 10.2 Å². The molecule has 0 aromatic heterocycles. The molecule has 0 spiro atoms. The van der Waals surface area contributed by atoms with Gasteiger partial charge in [0.05, 0.1) is 5.60 Å². The molecule has 106 valence electrons. The first kappa shape index (κ1) is 14.8. The lowest BCUT2D eigenvalue weighted by Crippen LogP contribution is -2.45. The summed E-state index contributed by atoms with van der Waals surface area (Å²) in [6, 6.07) is 9.96. The average molecular weight is 277 g/mol. The molecule has 1 aromatic carbocycles. The Kier molecular flexibility index (Phi) is 4.19. The fourth-order valence-electron chi connectivity index (χ4n) is 3.27. The van der Waals surface area contributed by atoms with E-state index in [0.29, 0.717) is 0 Å². The predicted octanol–water partition coefficient (Wildman–Crippen LogP) is 4.33. The number of benzene rings is 1. The summed E-state index contributed by atoms with van der Waals surface area (Å²) in [4.78, 5) is 0. The molecule has 2 N–H and O–H groups in total. The van der Waals surface area contributed by atoms with Crippen molar-refractivity contribution in [1.29, 1.82) is 0 Å². The second kappa shape index (κ2) is 5.39. The van der Waals surface area contributed by atoms with Crippen molar-refractivity contribution in [3.05, 3.63) is 35.4 Å². The van der Waals surface area contributed by atoms with Crippen LogP contribution in [0.3, 0.4) is 0 Å². The fraction of sp³-hybridized carbons (Fsp3) is 0.625. The molecule has 1 heterocycles. The van der Waals surface area contributed by atoms with Crippen LogP contribution in [0.2, 0.25) is 19.1 Å². The van der Waals surface area contributed by atoms with E-state index in [1.165, 1.54) is 23.6 Å². The zero-order valence-corrected chi connectivity index (χ0v) is 13.7. The summed E-state index contributed by atoms with van der Waals surface area (Å²) in [6.45, 7) is 9.05. The Hall–Kier alpha value is -0.643. The first-order chi connectivity index (χ1) is 8.88. The van der Waals surface area contributed by atoms with Gasteiger partial charge in [-0.2, -0.15) is 0 Å². The summed E-state index contributed by atoms with van der Waals surface area (Å²) in [5, 5.41) is 0. The lowest BCUT2D eigenvalue weighted by molar-refractivity contribution is 0.0488. The minimum atomic E-state index is -1.52. The summed E-state index contributed by atoms with van der Waals surface area (Å²) < 4.78 is 6.57. The Bertz CT molecular complexity index is 446. The molecule has 3 heteroatoms. The molecular weight excluding hydrogens is 250 g/mol. The minimum absolute atomic E-state index is 0.114. The molecule has 1 aromatic rings. The predicted molar refractivity (Wildman–Crippen MR) is 83.6 cm³/mol. The smallest absolute Gasteiger partial charge is 0.187 e. The maximum atomic E-state index is 6.57. The zero-order chi connectivity index (χ0) is 14.1. The van der Waals surface area contributed by atoms with Gasteiger partial charge in [0.25, 0.3) is 0 Å². The summed E-state index contributed by atoms with van der Waals surface area (Å²) in [7, 11) is -1.52. The highest BCUT2D eigenvalue weighted by molar-refractivity contribution is 6.71. The lowest BCUT2D eigenvalue weighted by Gasteiger charge is -2.44. The highest BCUT2D eigenvalue weighted by Crippen LogP contribution is 2.42. The highest BCUT2D eigenvalue weighted by Gasteiger charge is 2.41. The summed E-state index contributed by atoms with van der Waals surface area (Å²) in [5.74, 6) is 0. The standard InChI is InChI=1S/C16H27NOSi/c1-5-15(17)13-9-6-7-10-14(13)16(2)11-8-12-19(3,4)18-16/h6-7,9-10,15H,5,8,11-12,17H2,1-4H3. The van der Waals surface area contributed by atoms with Crippen LogP contribution in [0, 0.1) is 0 Å². The average Bonchev–Trinajstić information content (AvgIpc) is 2.36. The molecule has 0 radical (unpaired) electrons. The summed E-state index contributed by atoms with van der Waals surface area (Å²) in [6.07, 6.45) is 3.34. The summed E-state index contributed by atoms with van der Waals surface area (Å²) >= 11 is 0. The van der Waals surface area contributed by atoms with Crippen LogP contribution in [0.5, 0.6) is 0 Å². The molecule has 1 fully saturated rings. The third-order valence-corrected chi connectivity index (χ3v) is 6.86. The van der Waals surface area contributed by atoms with Gasteiger partial charge in [-0.25, -0.2) is 0 Å². The Morgan fingerprint density at radius 3 is 2.68 bits per heavy atom. The third kappa shape index (κ3) is 3.10. The Morgan fingerprint density at radius 1 is 1.37 bits per heavy atom. The quantitative estimate of drug-likeness (QED) is 0.835. The fourth-order valence-corrected chi connectivity index (χ4v) is 5.84. The van der Waals surface area contributed by atoms with E-state index in [0.717, 1.165) is 12.8 Å². The first-order valence-electron chi connectivity index (χ1n) is 7.43. The molecule has 2 atom stereocenters. The molecule has 0 bridgehead atoms. The van der Waals surface area contributed by atoms with Crippen LogP contribution in [0.1, 0.15) is 50.3 Å². The van der Waals surface area contributed by atoms with Crippen LogP contribution in [-0.2, 0) is 10.0 Å². The van der Waals surface area contributed by atoms with Crippen LogP contribution in [-0.4, -0.2) is 8.32 Å². The molecule has 2 rings (SSSR count). The van der Waals surface area contributed by atoms with Crippen LogP contribution in [0.15, 0.2) is 24.3 Å². The molecule has 1 saturated heterocycles. The van der Waals surface area contributed by atoms with Crippen molar-refractivity contribution < 1.29 is 4.43 Å². The highest BCUT2D eigenvalue weighted by atomic mass is 28.4. The lowest BCUT2D eigenvalue weighted by atomic mass is 9.85. The van der Waals surface area contributed by atoms with Gasteiger partial charge in [0.2, 0.25) is 0 Å². The Labute approximate surface area is 118 Å².